The molecule has 1 heterocycles. The lowest BCUT2D eigenvalue weighted by atomic mass is 10.1. The molecule has 0 aliphatic heterocycles. The van der Waals surface area contributed by atoms with Crippen LogP contribution >= 0.6 is 23.2 Å². The van der Waals surface area contributed by atoms with Gasteiger partial charge in [-0.3, -0.25) is 4.57 Å². The van der Waals surface area contributed by atoms with Crippen LogP contribution in [0, 0.1) is 0 Å². The van der Waals surface area contributed by atoms with E-state index in [1.807, 2.05) is 0 Å². The Balaban J connectivity index is 1.95. The molecule has 0 radical (unpaired) electrons. The fraction of sp³-hybridized carbons (Fsp3) is 0.308. The summed E-state index contributed by atoms with van der Waals surface area (Å²) in [5, 5.41) is 12.5. The smallest absolute Gasteiger partial charge is 0.332 e. The molecule has 3 N–H and O–H groups in total. The van der Waals surface area contributed by atoms with E-state index in [0.717, 1.165) is 5.56 Å². The summed E-state index contributed by atoms with van der Waals surface area (Å²) in [6.07, 6.45) is 0. The van der Waals surface area contributed by atoms with Crippen LogP contribution in [0.2, 0.25) is 10.0 Å². The molecule has 0 fully saturated rings. The number of aromatic amines is 1. The Bertz CT molecular complexity index is 740. The molecule has 0 unspecified atom stereocenters. The summed E-state index contributed by atoms with van der Waals surface area (Å²) in [4.78, 5) is 23.1. The fourth-order valence-electron chi connectivity index (χ4n) is 1.87. The Morgan fingerprint density at radius 2 is 2.18 bits per heavy atom. The van der Waals surface area contributed by atoms with Gasteiger partial charge in [0.05, 0.1) is 12.6 Å². The Morgan fingerprint density at radius 3 is 2.82 bits per heavy atom. The molecular formula is C13H15Cl2N5O2. The van der Waals surface area contributed by atoms with Gasteiger partial charge in [-0.1, -0.05) is 23.2 Å². The largest absolute Gasteiger partial charge is 0.343 e. The summed E-state index contributed by atoms with van der Waals surface area (Å²) >= 11 is 12.0. The monoisotopic (exact) mass is 343 g/mol. The maximum atomic E-state index is 11.9. The molecule has 0 spiro atoms. The minimum atomic E-state index is -0.404. The van der Waals surface area contributed by atoms with Crippen LogP contribution in [0.25, 0.3) is 0 Å². The van der Waals surface area contributed by atoms with Gasteiger partial charge in [-0.15, -0.1) is 0 Å². The number of nitrogens with zero attached hydrogens (tertiary/aromatic N) is 2. The van der Waals surface area contributed by atoms with Crippen molar-refractivity contribution in [2.45, 2.75) is 19.5 Å². The van der Waals surface area contributed by atoms with Crippen LogP contribution in [0.1, 0.15) is 24.4 Å². The molecular weight excluding hydrogens is 329 g/mol. The number of aromatic nitrogens is 3. The highest BCUT2D eigenvalue weighted by Gasteiger charge is 2.14. The van der Waals surface area contributed by atoms with Crippen molar-refractivity contribution in [2.75, 3.05) is 0 Å². The highest BCUT2D eigenvalue weighted by molar-refractivity contribution is 6.33. The van der Waals surface area contributed by atoms with Crippen LogP contribution in [-0.4, -0.2) is 20.8 Å². The van der Waals surface area contributed by atoms with Crippen LogP contribution < -0.4 is 16.3 Å². The second-order valence-corrected chi connectivity index (χ2v) is 5.56. The number of hydrogen-bond donors (Lipinski definition) is 3. The number of H-pyrrole nitrogens is 1. The molecule has 7 nitrogen and oxygen atoms in total. The third-order valence-electron chi connectivity index (χ3n) is 3.15. The lowest BCUT2D eigenvalue weighted by Crippen LogP contribution is -2.37. The highest BCUT2D eigenvalue weighted by atomic mass is 35.5. The minimum absolute atomic E-state index is 0.122. The number of halogens is 2. The van der Waals surface area contributed by atoms with Gasteiger partial charge in [-0.2, -0.15) is 5.10 Å². The quantitative estimate of drug-likeness (QED) is 0.792. The summed E-state index contributed by atoms with van der Waals surface area (Å²) in [6, 6.07) is 4.33. The Labute approximate surface area is 136 Å². The third kappa shape index (κ3) is 3.80. The molecule has 0 saturated carbocycles. The molecule has 2 rings (SSSR count). The van der Waals surface area contributed by atoms with E-state index >= 15 is 0 Å². The lowest BCUT2D eigenvalue weighted by Gasteiger charge is -2.16. The van der Waals surface area contributed by atoms with Crippen molar-refractivity contribution in [3.05, 3.63) is 50.1 Å². The van der Waals surface area contributed by atoms with Crippen molar-refractivity contribution in [3.8, 4) is 0 Å². The topological polar surface area (TPSA) is 91.8 Å². The van der Waals surface area contributed by atoms with E-state index in [4.69, 9.17) is 23.2 Å². The van der Waals surface area contributed by atoms with Gasteiger partial charge in [0.25, 0.3) is 0 Å². The normalized spacial score (nSPS) is 12.0. The van der Waals surface area contributed by atoms with E-state index in [-0.39, 0.29) is 18.3 Å². The van der Waals surface area contributed by atoms with Gasteiger partial charge in [0, 0.05) is 17.1 Å². The average Bonchev–Trinajstić information content (AvgIpc) is 2.79. The zero-order valence-corrected chi connectivity index (χ0v) is 13.5. The number of nitrogens with one attached hydrogen (secondary N) is 3. The van der Waals surface area contributed by atoms with Crippen molar-refractivity contribution < 1.29 is 4.79 Å². The van der Waals surface area contributed by atoms with Crippen molar-refractivity contribution in [1.82, 2.24) is 25.4 Å². The molecule has 1 aromatic heterocycles. The highest BCUT2D eigenvalue weighted by Crippen LogP contribution is 2.25. The number of amides is 2. The minimum Gasteiger partial charge on any atom is -0.332 e. The molecule has 2 aromatic rings. The first-order chi connectivity index (χ1) is 10.4. The van der Waals surface area contributed by atoms with Crippen LogP contribution in [-0.2, 0) is 13.6 Å². The number of carbonyl (C=O) groups excluding carboxylic acids is 1. The summed E-state index contributed by atoms with van der Waals surface area (Å²) in [7, 11) is 1.56. The lowest BCUT2D eigenvalue weighted by molar-refractivity contribution is 0.237. The Morgan fingerprint density at radius 1 is 1.45 bits per heavy atom. The predicted octanol–water partition coefficient (Wildman–Crippen LogP) is 1.98. The zero-order chi connectivity index (χ0) is 16.3. The Kier molecular flexibility index (Phi) is 5.10. The van der Waals surface area contributed by atoms with E-state index in [1.54, 1.807) is 32.2 Å². The molecule has 0 bridgehead atoms. The Hall–Kier alpha value is -1.99. The zero-order valence-electron chi connectivity index (χ0n) is 12.0. The van der Waals surface area contributed by atoms with E-state index < -0.39 is 6.03 Å². The number of benzene rings is 1. The predicted molar refractivity (Wildman–Crippen MR) is 84.1 cm³/mol. The van der Waals surface area contributed by atoms with Gasteiger partial charge in [0.1, 0.15) is 0 Å². The molecule has 9 heteroatoms. The number of rotatable bonds is 4. The van der Waals surface area contributed by atoms with Gasteiger partial charge in [-0.25, -0.2) is 14.7 Å². The molecule has 22 heavy (non-hydrogen) atoms. The first-order valence-corrected chi connectivity index (χ1v) is 7.23. The van der Waals surface area contributed by atoms with Gasteiger partial charge < -0.3 is 10.6 Å². The van der Waals surface area contributed by atoms with Gasteiger partial charge in [-0.05, 0) is 30.7 Å². The van der Waals surface area contributed by atoms with Crippen molar-refractivity contribution in [2.24, 2.45) is 7.05 Å². The third-order valence-corrected chi connectivity index (χ3v) is 3.73. The van der Waals surface area contributed by atoms with Crippen LogP contribution in [0.5, 0.6) is 0 Å². The van der Waals surface area contributed by atoms with Crippen molar-refractivity contribution in [3.63, 3.8) is 0 Å². The second-order valence-electron chi connectivity index (χ2n) is 4.72. The number of hydrogen-bond acceptors (Lipinski definition) is 3. The van der Waals surface area contributed by atoms with E-state index in [1.165, 1.54) is 4.57 Å². The summed E-state index contributed by atoms with van der Waals surface area (Å²) in [6.45, 7) is 1.92. The standard InChI is InChI=1S/C13H15Cl2N5O2/c1-7(9-5-8(14)3-4-10(9)15)17-12(21)16-6-11-18-19-13(22)20(11)2/h3-5,7H,6H2,1-2H3,(H,19,22)(H2,16,17,21)/t7-/m1/s1. The van der Waals surface area contributed by atoms with Gasteiger partial charge in [0.2, 0.25) is 0 Å². The second kappa shape index (κ2) is 6.85. The van der Waals surface area contributed by atoms with E-state index in [2.05, 4.69) is 20.8 Å². The molecule has 0 aliphatic carbocycles. The first kappa shape index (κ1) is 16.4. The van der Waals surface area contributed by atoms with Crippen LogP contribution in [0.15, 0.2) is 23.0 Å². The van der Waals surface area contributed by atoms with Crippen LogP contribution in [0.3, 0.4) is 0 Å². The maximum Gasteiger partial charge on any atom is 0.343 e. The molecule has 118 valence electrons. The van der Waals surface area contributed by atoms with Gasteiger partial charge in [0.15, 0.2) is 5.82 Å². The van der Waals surface area contributed by atoms with Gasteiger partial charge >= 0.3 is 11.7 Å². The van der Waals surface area contributed by atoms with Crippen molar-refractivity contribution >= 4 is 29.2 Å². The van der Waals surface area contributed by atoms with E-state index in [9.17, 15) is 9.59 Å². The molecule has 1 aromatic carbocycles. The average molecular weight is 344 g/mol. The first-order valence-electron chi connectivity index (χ1n) is 6.48. The molecule has 0 saturated heterocycles. The molecule has 2 amide bonds. The van der Waals surface area contributed by atoms with Crippen molar-refractivity contribution in [1.29, 1.82) is 0 Å². The summed E-state index contributed by atoms with van der Waals surface area (Å²) in [5.74, 6) is 0.425. The summed E-state index contributed by atoms with van der Waals surface area (Å²) in [5.41, 5.74) is 0.382. The fourth-order valence-corrected chi connectivity index (χ4v) is 2.33. The number of urea groups is 1. The SMILES string of the molecule is C[C@@H](NC(=O)NCc1n[nH]c(=O)n1C)c1cc(Cl)ccc1Cl. The molecule has 0 aliphatic rings. The van der Waals surface area contributed by atoms with Crippen LogP contribution in [0.4, 0.5) is 4.79 Å². The number of carbonyl (C=O) groups is 1. The maximum absolute atomic E-state index is 11.9. The molecule has 1 atom stereocenters. The summed E-state index contributed by atoms with van der Waals surface area (Å²) < 4.78 is 1.32. The van der Waals surface area contributed by atoms with E-state index in [0.29, 0.717) is 15.9 Å².